The molecule has 3 rings (SSSR count). The molecule has 0 aliphatic rings. The summed E-state index contributed by atoms with van der Waals surface area (Å²) in [5, 5.41) is 1.92. The van der Waals surface area contributed by atoms with Crippen molar-refractivity contribution < 1.29 is 8.42 Å². The first-order chi connectivity index (χ1) is 12.1. The molecule has 0 atom stereocenters. The summed E-state index contributed by atoms with van der Waals surface area (Å²) in [4.78, 5) is 0.285. The lowest BCUT2D eigenvalue weighted by molar-refractivity contribution is 0.593. The minimum absolute atomic E-state index is 0.223. The summed E-state index contributed by atoms with van der Waals surface area (Å²) < 4.78 is 27.8. The third kappa shape index (κ3) is 3.44. The van der Waals surface area contributed by atoms with Gasteiger partial charge in [0.1, 0.15) is 0 Å². The fourth-order valence-corrected chi connectivity index (χ4v) is 4.28. The Morgan fingerprint density at radius 1 is 0.960 bits per heavy atom. The van der Waals surface area contributed by atoms with E-state index in [4.69, 9.17) is 0 Å². The van der Waals surface area contributed by atoms with Crippen LogP contribution in [0.15, 0.2) is 84.3 Å². The highest BCUT2D eigenvalue weighted by atomic mass is 32.2. The molecule has 0 fully saturated rings. The molecular formula is C21H21NO2S. The summed E-state index contributed by atoms with van der Waals surface area (Å²) in [7, 11) is -3.67. The van der Waals surface area contributed by atoms with Crippen LogP contribution >= 0.6 is 0 Å². The Bertz CT molecular complexity index is 992. The molecular weight excluding hydrogens is 330 g/mol. The third-order valence-corrected chi connectivity index (χ3v) is 6.03. The quantitative estimate of drug-likeness (QED) is 0.599. The van der Waals surface area contributed by atoms with E-state index in [1.807, 2.05) is 54.6 Å². The van der Waals surface area contributed by atoms with E-state index < -0.39 is 10.0 Å². The molecule has 0 spiro atoms. The lowest BCUT2D eigenvalue weighted by Gasteiger charge is -2.23. The van der Waals surface area contributed by atoms with E-state index in [1.54, 1.807) is 18.2 Å². The van der Waals surface area contributed by atoms with E-state index >= 15 is 0 Å². The number of benzene rings is 3. The first kappa shape index (κ1) is 17.2. The molecule has 0 unspecified atom stereocenters. The number of fused-ring (bicyclic) bond motifs is 1. The molecule has 3 aromatic rings. The molecule has 0 bridgehead atoms. The standard InChI is InChI=1S/C21H21NO2S/c1-3-15-22(20-12-9-17(4-2)10-13-20)25(23,24)21-14-11-18-7-5-6-8-19(18)16-21/h3,5-14,16H,1,4,15H2,2H3. The Labute approximate surface area is 149 Å². The van der Waals surface area contributed by atoms with Crippen molar-refractivity contribution in [3.8, 4) is 0 Å². The van der Waals surface area contributed by atoms with Crippen molar-refractivity contribution >= 4 is 26.5 Å². The summed E-state index contributed by atoms with van der Waals surface area (Å²) in [5.41, 5.74) is 1.82. The molecule has 4 heteroatoms. The smallest absolute Gasteiger partial charge is 0.263 e. The van der Waals surface area contributed by atoms with E-state index in [0.717, 1.165) is 17.2 Å². The van der Waals surface area contributed by atoms with Crippen LogP contribution in [0.2, 0.25) is 0 Å². The second-order valence-electron chi connectivity index (χ2n) is 5.85. The second-order valence-corrected chi connectivity index (χ2v) is 7.72. The van der Waals surface area contributed by atoms with Crippen molar-refractivity contribution in [2.24, 2.45) is 0 Å². The molecule has 3 nitrogen and oxygen atoms in total. The van der Waals surface area contributed by atoms with Gasteiger partial charge in [0.05, 0.1) is 17.1 Å². The number of hydrogen-bond acceptors (Lipinski definition) is 2. The van der Waals surface area contributed by atoms with Crippen LogP contribution in [-0.2, 0) is 16.4 Å². The highest BCUT2D eigenvalue weighted by molar-refractivity contribution is 7.92. The lowest BCUT2D eigenvalue weighted by Crippen LogP contribution is -2.31. The molecule has 0 radical (unpaired) electrons. The van der Waals surface area contributed by atoms with Gasteiger partial charge in [0.15, 0.2) is 0 Å². The number of aryl methyl sites for hydroxylation is 1. The third-order valence-electron chi connectivity index (χ3n) is 4.24. The number of anilines is 1. The summed E-state index contributed by atoms with van der Waals surface area (Å²) in [6, 6.07) is 20.6. The van der Waals surface area contributed by atoms with Crippen molar-refractivity contribution in [2.45, 2.75) is 18.2 Å². The molecule has 0 N–H and O–H groups in total. The molecule has 3 aromatic carbocycles. The number of hydrogen-bond donors (Lipinski definition) is 0. The first-order valence-corrected chi connectivity index (χ1v) is 9.71. The van der Waals surface area contributed by atoms with Crippen LogP contribution in [0, 0.1) is 0 Å². The van der Waals surface area contributed by atoms with Crippen molar-refractivity contribution in [1.82, 2.24) is 0 Å². The van der Waals surface area contributed by atoms with E-state index in [1.165, 1.54) is 9.87 Å². The van der Waals surface area contributed by atoms with Gasteiger partial charge in [-0.3, -0.25) is 4.31 Å². The summed E-state index contributed by atoms with van der Waals surface area (Å²) in [5.74, 6) is 0. The molecule has 0 heterocycles. The molecule has 25 heavy (non-hydrogen) atoms. The maximum absolute atomic E-state index is 13.2. The molecule has 0 aromatic heterocycles. The predicted octanol–water partition coefficient (Wildman–Crippen LogP) is 4.78. The summed E-state index contributed by atoms with van der Waals surface area (Å²) in [6.07, 6.45) is 2.52. The maximum Gasteiger partial charge on any atom is 0.264 e. The van der Waals surface area contributed by atoms with E-state index in [-0.39, 0.29) is 11.4 Å². The highest BCUT2D eigenvalue weighted by Gasteiger charge is 2.24. The first-order valence-electron chi connectivity index (χ1n) is 8.27. The van der Waals surface area contributed by atoms with Gasteiger partial charge >= 0.3 is 0 Å². The molecule has 0 aliphatic heterocycles. The van der Waals surface area contributed by atoms with Gasteiger partial charge in [-0.2, -0.15) is 0 Å². The van der Waals surface area contributed by atoms with Gasteiger partial charge in [-0.25, -0.2) is 8.42 Å². The van der Waals surface area contributed by atoms with Gasteiger partial charge in [-0.05, 0) is 47.0 Å². The zero-order chi connectivity index (χ0) is 17.9. The van der Waals surface area contributed by atoms with Gasteiger partial charge in [0.2, 0.25) is 0 Å². The molecule has 0 aliphatic carbocycles. The SMILES string of the molecule is C=CCN(c1ccc(CC)cc1)S(=O)(=O)c1ccc2ccccc2c1. The van der Waals surface area contributed by atoms with Crippen LogP contribution in [0.1, 0.15) is 12.5 Å². The maximum atomic E-state index is 13.2. The predicted molar refractivity (Wildman–Crippen MR) is 104 cm³/mol. The number of nitrogens with zero attached hydrogens (tertiary/aromatic N) is 1. The molecule has 0 amide bonds. The fourth-order valence-electron chi connectivity index (χ4n) is 2.81. The number of sulfonamides is 1. The van der Waals surface area contributed by atoms with E-state index in [2.05, 4.69) is 13.5 Å². The van der Waals surface area contributed by atoms with Gasteiger partial charge in [0.25, 0.3) is 10.0 Å². The normalized spacial score (nSPS) is 11.4. The van der Waals surface area contributed by atoms with Crippen LogP contribution < -0.4 is 4.31 Å². The van der Waals surface area contributed by atoms with E-state index in [9.17, 15) is 8.42 Å². The van der Waals surface area contributed by atoms with Crippen LogP contribution in [0.25, 0.3) is 10.8 Å². The molecule has 0 saturated carbocycles. The zero-order valence-electron chi connectivity index (χ0n) is 14.2. The summed E-state index contributed by atoms with van der Waals surface area (Å²) in [6.45, 7) is 6.01. The van der Waals surface area contributed by atoms with Crippen molar-refractivity contribution in [1.29, 1.82) is 0 Å². The largest absolute Gasteiger partial charge is 0.264 e. The topological polar surface area (TPSA) is 37.4 Å². The monoisotopic (exact) mass is 351 g/mol. The Morgan fingerprint density at radius 2 is 1.64 bits per heavy atom. The molecule has 0 saturated heterocycles. The van der Waals surface area contributed by atoms with Crippen molar-refractivity contribution in [3.63, 3.8) is 0 Å². The van der Waals surface area contributed by atoms with Crippen LogP contribution in [0.3, 0.4) is 0 Å². The Kier molecular flexibility index (Phi) is 4.91. The number of rotatable bonds is 6. The second kappa shape index (κ2) is 7.11. The van der Waals surface area contributed by atoms with E-state index in [0.29, 0.717) is 5.69 Å². The van der Waals surface area contributed by atoms with Gasteiger partial charge in [0, 0.05) is 0 Å². The van der Waals surface area contributed by atoms with Crippen molar-refractivity contribution in [2.75, 3.05) is 10.8 Å². The van der Waals surface area contributed by atoms with Gasteiger partial charge in [-0.1, -0.05) is 55.5 Å². The van der Waals surface area contributed by atoms with Gasteiger partial charge in [-0.15, -0.1) is 6.58 Å². The van der Waals surface area contributed by atoms with Crippen molar-refractivity contribution in [3.05, 3.63) is 84.9 Å². The summed E-state index contributed by atoms with van der Waals surface area (Å²) >= 11 is 0. The molecule has 128 valence electrons. The average molecular weight is 351 g/mol. The average Bonchev–Trinajstić information content (AvgIpc) is 2.65. The van der Waals surface area contributed by atoms with Crippen LogP contribution in [0.4, 0.5) is 5.69 Å². The van der Waals surface area contributed by atoms with Gasteiger partial charge < -0.3 is 0 Å². The Balaban J connectivity index is 2.07. The Morgan fingerprint density at radius 3 is 2.28 bits per heavy atom. The lowest BCUT2D eigenvalue weighted by atomic mass is 10.1. The minimum atomic E-state index is -3.67. The minimum Gasteiger partial charge on any atom is -0.263 e. The van der Waals surface area contributed by atoms with Crippen LogP contribution in [0.5, 0.6) is 0 Å². The fraction of sp³-hybridized carbons (Fsp3) is 0.143. The zero-order valence-corrected chi connectivity index (χ0v) is 15.0. The van der Waals surface area contributed by atoms with Crippen LogP contribution in [-0.4, -0.2) is 15.0 Å². The highest BCUT2D eigenvalue weighted by Crippen LogP contribution is 2.26. The Hall–Kier alpha value is -2.59.